The van der Waals surface area contributed by atoms with Gasteiger partial charge in [-0.3, -0.25) is 0 Å². The molecule has 2 heterocycles. The number of rotatable bonds is 4. The molecule has 3 aromatic rings. The van der Waals surface area contributed by atoms with E-state index in [-0.39, 0.29) is 5.75 Å². The van der Waals surface area contributed by atoms with E-state index in [0.29, 0.717) is 5.65 Å². The van der Waals surface area contributed by atoms with Crippen LogP contribution in [0.25, 0.3) is 16.8 Å². The zero-order valence-electron chi connectivity index (χ0n) is 11.1. The summed E-state index contributed by atoms with van der Waals surface area (Å²) in [6.45, 7) is -1.37. The number of halogens is 3. The van der Waals surface area contributed by atoms with Crippen LogP contribution in [0.2, 0.25) is 0 Å². The zero-order chi connectivity index (χ0) is 15.7. The lowest BCUT2D eigenvalue weighted by Crippen LogP contribution is -2.28. The van der Waals surface area contributed by atoms with Crippen molar-refractivity contribution in [3.05, 3.63) is 47.3 Å². The molecule has 0 aliphatic rings. The second-order valence-electron chi connectivity index (χ2n) is 4.53. The molecule has 0 unspecified atom stereocenters. The fourth-order valence-corrected chi connectivity index (χ4v) is 2.29. The first-order valence-corrected chi connectivity index (χ1v) is 7.05. The van der Waals surface area contributed by atoms with E-state index in [9.17, 15) is 8.78 Å². The van der Waals surface area contributed by atoms with E-state index < -0.39 is 12.7 Å². The maximum absolute atomic E-state index is 12.9. The van der Waals surface area contributed by atoms with Crippen molar-refractivity contribution >= 4 is 21.6 Å². The van der Waals surface area contributed by atoms with Gasteiger partial charge in [0.25, 0.3) is 0 Å². The molecule has 0 saturated carbocycles. The summed E-state index contributed by atoms with van der Waals surface area (Å²) in [6.07, 6.45) is 1.49. The molecule has 1 aromatic carbocycles. The van der Waals surface area contributed by atoms with Gasteiger partial charge < -0.3 is 9.84 Å². The van der Waals surface area contributed by atoms with E-state index in [2.05, 4.69) is 30.7 Å². The number of alkyl halides is 2. The van der Waals surface area contributed by atoms with Crippen molar-refractivity contribution in [1.82, 2.24) is 14.6 Å². The van der Waals surface area contributed by atoms with E-state index in [0.717, 1.165) is 15.6 Å². The third-order valence-electron chi connectivity index (χ3n) is 2.95. The summed E-state index contributed by atoms with van der Waals surface area (Å²) in [5, 5.41) is 12.6. The Kier molecular flexibility index (Phi) is 3.79. The number of aliphatic hydroxyl groups is 1. The molecule has 0 radical (unpaired) electrons. The molecule has 0 saturated heterocycles. The minimum Gasteiger partial charge on any atom is -0.431 e. The van der Waals surface area contributed by atoms with Gasteiger partial charge in [0.1, 0.15) is 12.4 Å². The Morgan fingerprint density at radius 2 is 1.91 bits per heavy atom. The van der Waals surface area contributed by atoms with Gasteiger partial charge in [0.2, 0.25) is 0 Å². The van der Waals surface area contributed by atoms with Crippen molar-refractivity contribution in [2.75, 3.05) is 6.61 Å². The predicted octanol–water partition coefficient (Wildman–Crippen LogP) is 3.12. The average molecular weight is 370 g/mol. The van der Waals surface area contributed by atoms with Crippen LogP contribution in [0.4, 0.5) is 8.78 Å². The number of fused-ring (bicyclic) bond motifs is 1. The average Bonchev–Trinajstić information content (AvgIpc) is 2.88. The van der Waals surface area contributed by atoms with Crippen LogP contribution in [0, 0.1) is 0 Å². The van der Waals surface area contributed by atoms with E-state index in [1.54, 1.807) is 35.2 Å². The van der Waals surface area contributed by atoms with Crippen molar-refractivity contribution in [3.8, 4) is 16.9 Å². The number of benzene rings is 1. The van der Waals surface area contributed by atoms with Gasteiger partial charge in [0.15, 0.2) is 5.65 Å². The maximum Gasteiger partial charge on any atom is 0.421 e. The van der Waals surface area contributed by atoms with Crippen molar-refractivity contribution in [1.29, 1.82) is 0 Å². The van der Waals surface area contributed by atoms with Crippen molar-refractivity contribution in [2.24, 2.45) is 0 Å². The van der Waals surface area contributed by atoms with Crippen LogP contribution in [0.3, 0.4) is 0 Å². The predicted molar refractivity (Wildman–Crippen MR) is 78.8 cm³/mol. The lowest BCUT2D eigenvalue weighted by atomic mass is 10.1. The molecule has 0 amide bonds. The first-order chi connectivity index (χ1) is 10.5. The highest BCUT2D eigenvalue weighted by Gasteiger charge is 2.30. The van der Waals surface area contributed by atoms with Gasteiger partial charge >= 0.3 is 6.11 Å². The van der Waals surface area contributed by atoms with E-state index in [4.69, 9.17) is 5.11 Å². The molecule has 22 heavy (non-hydrogen) atoms. The first kappa shape index (κ1) is 14.9. The quantitative estimate of drug-likeness (QED) is 0.767. The highest BCUT2D eigenvalue weighted by atomic mass is 79.9. The molecule has 0 fully saturated rings. The lowest BCUT2D eigenvalue weighted by Gasteiger charge is -2.15. The smallest absolute Gasteiger partial charge is 0.421 e. The van der Waals surface area contributed by atoms with Crippen LogP contribution in [-0.2, 0) is 0 Å². The SMILES string of the molecule is OCC(F)(F)Oc1ccc(-c2cnc3c(Br)cnn3c2)cc1. The number of ether oxygens (including phenoxy) is 1. The van der Waals surface area contributed by atoms with E-state index in [1.807, 2.05) is 0 Å². The fourth-order valence-electron chi connectivity index (χ4n) is 1.91. The van der Waals surface area contributed by atoms with Gasteiger partial charge in [0, 0.05) is 18.0 Å². The summed E-state index contributed by atoms with van der Waals surface area (Å²) in [5.74, 6) is -0.0290. The molecule has 0 aliphatic carbocycles. The van der Waals surface area contributed by atoms with Crippen LogP contribution in [0.5, 0.6) is 5.75 Å². The first-order valence-electron chi connectivity index (χ1n) is 6.25. The number of nitrogens with zero attached hydrogens (tertiary/aromatic N) is 3. The van der Waals surface area contributed by atoms with Crippen molar-refractivity contribution in [3.63, 3.8) is 0 Å². The zero-order valence-corrected chi connectivity index (χ0v) is 12.7. The van der Waals surface area contributed by atoms with Crippen molar-refractivity contribution < 1.29 is 18.6 Å². The Morgan fingerprint density at radius 3 is 2.59 bits per heavy atom. The summed E-state index contributed by atoms with van der Waals surface area (Å²) < 4.78 is 32.7. The summed E-state index contributed by atoms with van der Waals surface area (Å²) in [4.78, 5) is 4.28. The Morgan fingerprint density at radius 1 is 1.18 bits per heavy atom. The molecule has 0 atom stereocenters. The molecule has 114 valence electrons. The maximum atomic E-state index is 12.9. The number of aromatic nitrogens is 3. The number of hydrogen-bond acceptors (Lipinski definition) is 4. The second-order valence-corrected chi connectivity index (χ2v) is 5.38. The Hall–Kier alpha value is -2.06. The molecule has 1 N–H and O–H groups in total. The summed E-state index contributed by atoms with van der Waals surface area (Å²) in [7, 11) is 0. The summed E-state index contributed by atoms with van der Waals surface area (Å²) in [5.41, 5.74) is 2.25. The normalized spacial score (nSPS) is 11.8. The molecule has 0 bridgehead atoms. The number of aliphatic hydroxyl groups excluding tert-OH is 1. The molecule has 3 rings (SSSR count). The van der Waals surface area contributed by atoms with Gasteiger partial charge in [-0.05, 0) is 33.6 Å². The fraction of sp³-hybridized carbons (Fsp3) is 0.143. The van der Waals surface area contributed by atoms with Gasteiger partial charge in [-0.1, -0.05) is 12.1 Å². The number of hydrogen-bond donors (Lipinski definition) is 1. The Balaban J connectivity index is 1.88. The molecule has 5 nitrogen and oxygen atoms in total. The largest absolute Gasteiger partial charge is 0.431 e. The molecular weight excluding hydrogens is 360 g/mol. The Labute approximate surface area is 132 Å². The molecule has 0 aliphatic heterocycles. The van der Waals surface area contributed by atoms with Gasteiger partial charge in [-0.15, -0.1) is 0 Å². The minimum absolute atomic E-state index is 0.0290. The second kappa shape index (κ2) is 5.62. The summed E-state index contributed by atoms with van der Waals surface area (Å²) in [6, 6.07) is 6.07. The van der Waals surface area contributed by atoms with Crippen molar-refractivity contribution in [2.45, 2.75) is 6.11 Å². The standard InChI is InChI=1S/C14H10BrF2N3O2/c15-12-6-19-20-7-10(5-18-13(12)20)9-1-3-11(4-2-9)22-14(16,17)8-21/h1-7,21H,8H2. The summed E-state index contributed by atoms with van der Waals surface area (Å²) >= 11 is 3.34. The van der Waals surface area contributed by atoms with Crippen LogP contribution in [0.1, 0.15) is 0 Å². The topological polar surface area (TPSA) is 59.7 Å². The highest BCUT2D eigenvalue weighted by molar-refractivity contribution is 9.10. The van der Waals surface area contributed by atoms with Gasteiger partial charge in [0.05, 0.1) is 10.7 Å². The van der Waals surface area contributed by atoms with E-state index >= 15 is 0 Å². The van der Waals surface area contributed by atoms with E-state index in [1.165, 1.54) is 12.1 Å². The molecule has 8 heteroatoms. The molecule has 2 aromatic heterocycles. The van der Waals surface area contributed by atoms with Gasteiger partial charge in [-0.2, -0.15) is 13.9 Å². The monoisotopic (exact) mass is 369 g/mol. The van der Waals surface area contributed by atoms with Gasteiger partial charge in [-0.25, -0.2) is 9.50 Å². The third-order valence-corrected chi connectivity index (χ3v) is 3.51. The lowest BCUT2D eigenvalue weighted by molar-refractivity contribution is -0.200. The van der Waals surface area contributed by atoms with Crippen LogP contribution in [0.15, 0.2) is 47.3 Å². The Bertz CT molecular complexity index is 805. The van der Waals surface area contributed by atoms with Crippen LogP contribution in [-0.4, -0.2) is 32.4 Å². The van der Waals surface area contributed by atoms with Crippen LogP contribution >= 0.6 is 15.9 Å². The minimum atomic E-state index is -3.59. The third kappa shape index (κ3) is 2.93. The van der Waals surface area contributed by atoms with Crippen LogP contribution < -0.4 is 4.74 Å². The highest BCUT2D eigenvalue weighted by Crippen LogP contribution is 2.26. The molecular formula is C14H10BrF2N3O2. The molecule has 0 spiro atoms.